The number of ether oxygens (including phenoxy) is 1. The van der Waals surface area contributed by atoms with Gasteiger partial charge in [-0.2, -0.15) is 5.26 Å². The molecular formula is C23H21N3O3S. The highest BCUT2D eigenvalue weighted by atomic mass is 32.1. The number of aromatic nitrogens is 1. The van der Waals surface area contributed by atoms with E-state index in [2.05, 4.69) is 5.32 Å². The van der Waals surface area contributed by atoms with Gasteiger partial charge in [-0.15, -0.1) is 11.3 Å². The molecule has 0 spiro atoms. The summed E-state index contributed by atoms with van der Waals surface area (Å²) in [5.74, 6) is 0.113. The number of nitriles is 1. The average molecular weight is 420 g/mol. The molecule has 0 aliphatic carbocycles. The van der Waals surface area contributed by atoms with E-state index in [-0.39, 0.29) is 21.8 Å². The molecule has 3 aromatic rings. The van der Waals surface area contributed by atoms with Crippen LogP contribution in [0, 0.1) is 11.3 Å². The minimum atomic E-state index is -0.512. The van der Waals surface area contributed by atoms with E-state index in [0.717, 1.165) is 16.9 Å². The standard InChI is InChI=1S/C23H21N3O3S/c1-15(2)25-21(27)18(14-24)23-26(17-10-5-4-6-11-17)22(28)20(30-23)13-16-9-7-8-12-19(16)29-3/h4-13,15H,1-3H3,(H,25,27)/b20-13-,23-18-. The van der Waals surface area contributed by atoms with Crippen molar-refractivity contribution in [3.63, 3.8) is 0 Å². The number of hydrogen-bond acceptors (Lipinski definition) is 5. The van der Waals surface area contributed by atoms with Crippen LogP contribution in [0.1, 0.15) is 19.4 Å². The topological polar surface area (TPSA) is 84.1 Å². The molecule has 1 heterocycles. The first-order chi connectivity index (χ1) is 14.5. The fraction of sp³-hybridized carbons (Fsp3) is 0.174. The van der Waals surface area contributed by atoms with Crippen molar-refractivity contribution in [2.75, 3.05) is 7.11 Å². The molecule has 0 unspecified atom stereocenters. The van der Waals surface area contributed by atoms with Crippen molar-refractivity contribution in [1.82, 2.24) is 9.88 Å². The molecule has 0 saturated carbocycles. The van der Waals surface area contributed by atoms with Crippen molar-refractivity contribution in [2.24, 2.45) is 0 Å². The van der Waals surface area contributed by atoms with Crippen molar-refractivity contribution >= 4 is 28.9 Å². The van der Waals surface area contributed by atoms with Crippen LogP contribution in [0.3, 0.4) is 0 Å². The quantitative estimate of drug-likeness (QED) is 0.685. The van der Waals surface area contributed by atoms with Crippen LogP contribution in [0.15, 0.2) is 59.4 Å². The van der Waals surface area contributed by atoms with Crippen LogP contribution in [0.5, 0.6) is 5.75 Å². The van der Waals surface area contributed by atoms with Gasteiger partial charge in [-0.3, -0.25) is 14.2 Å². The monoisotopic (exact) mass is 419 g/mol. The van der Waals surface area contributed by atoms with E-state index in [4.69, 9.17) is 4.74 Å². The highest BCUT2D eigenvalue weighted by Crippen LogP contribution is 2.17. The van der Waals surface area contributed by atoms with Gasteiger partial charge in [-0.05, 0) is 38.1 Å². The maximum atomic E-state index is 13.3. The van der Waals surface area contributed by atoms with Crippen LogP contribution < -0.4 is 24.8 Å². The number of amides is 1. The van der Waals surface area contributed by atoms with Crippen molar-refractivity contribution in [2.45, 2.75) is 19.9 Å². The number of carbonyl (C=O) groups is 1. The van der Waals surface area contributed by atoms with Crippen LogP contribution in [0.25, 0.3) is 17.3 Å². The third-order valence-electron chi connectivity index (χ3n) is 4.24. The minimum Gasteiger partial charge on any atom is -0.496 e. The fourth-order valence-corrected chi connectivity index (χ4v) is 4.01. The molecule has 0 aliphatic heterocycles. The second-order valence-electron chi connectivity index (χ2n) is 6.75. The molecule has 0 bridgehead atoms. The van der Waals surface area contributed by atoms with Crippen LogP contribution >= 0.6 is 11.3 Å². The number of thiazole rings is 1. The molecule has 6 nitrogen and oxygen atoms in total. The Morgan fingerprint density at radius 3 is 2.47 bits per heavy atom. The Bertz CT molecular complexity index is 1280. The fourth-order valence-electron chi connectivity index (χ4n) is 2.92. The average Bonchev–Trinajstić information content (AvgIpc) is 3.04. The lowest BCUT2D eigenvalue weighted by Gasteiger charge is -2.07. The summed E-state index contributed by atoms with van der Waals surface area (Å²) in [6.45, 7) is 3.62. The summed E-state index contributed by atoms with van der Waals surface area (Å²) in [6.07, 6.45) is 1.71. The molecular weight excluding hydrogens is 398 g/mol. The van der Waals surface area contributed by atoms with Gasteiger partial charge in [0.05, 0.1) is 17.3 Å². The molecule has 30 heavy (non-hydrogen) atoms. The van der Waals surface area contributed by atoms with Gasteiger partial charge in [0, 0.05) is 11.6 Å². The zero-order chi connectivity index (χ0) is 21.7. The Balaban J connectivity index is 2.38. The Morgan fingerprint density at radius 2 is 1.83 bits per heavy atom. The molecule has 0 saturated heterocycles. The van der Waals surface area contributed by atoms with Gasteiger partial charge in [0.1, 0.15) is 16.5 Å². The van der Waals surface area contributed by atoms with Gasteiger partial charge in [0.25, 0.3) is 11.5 Å². The van der Waals surface area contributed by atoms with E-state index in [9.17, 15) is 14.9 Å². The maximum absolute atomic E-state index is 13.3. The van der Waals surface area contributed by atoms with Gasteiger partial charge in [-0.25, -0.2) is 0 Å². The molecule has 1 aromatic heterocycles. The summed E-state index contributed by atoms with van der Waals surface area (Å²) in [5, 5.41) is 12.4. The van der Waals surface area contributed by atoms with Crippen molar-refractivity contribution in [3.05, 3.63) is 79.7 Å². The Labute approximate surface area is 178 Å². The number of nitrogens with zero attached hydrogens (tertiary/aromatic N) is 2. The number of methoxy groups -OCH3 is 1. The molecule has 2 aromatic carbocycles. The van der Waals surface area contributed by atoms with E-state index in [1.165, 1.54) is 4.57 Å². The van der Waals surface area contributed by atoms with E-state index < -0.39 is 5.91 Å². The van der Waals surface area contributed by atoms with Crippen LogP contribution in [0.2, 0.25) is 0 Å². The summed E-state index contributed by atoms with van der Waals surface area (Å²) in [5.41, 5.74) is 0.903. The van der Waals surface area contributed by atoms with Crippen molar-refractivity contribution < 1.29 is 9.53 Å². The van der Waals surface area contributed by atoms with E-state index in [1.807, 2.05) is 44.2 Å². The van der Waals surface area contributed by atoms with Gasteiger partial charge in [0.15, 0.2) is 5.57 Å². The first kappa shape index (κ1) is 21.1. The molecule has 0 fully saturated rings. The van der Waals surface area contributed by atoms with Crippen LogP contribution in [-0.2, 0) is 4.79 Å². The van der Waals surface area contributed by atoms with E-state index in [0.29, 0.717) is 16.0 Å². The summed E-state index contributed by atoms with van der Waals surface area (Å²) in [6, 6.07) is 18.1. The van der Waals surface area contributed by atoms with Crippen molar-refractivity contribution in [3.8, 4) is 17.5 Å². The summed E-state index contributed by atoms with van der Waals surface area (Å²) < 4.78 is 7.46. The van der Waals surface area contributed by atoms with Crippen molar-refractivity contribution in [1.29, 1.82) is 5.26 Å². The molecule has 7 heteroatoms. The number of benzene rings is 2. The maximum Gasteiger partial charge on any atom is 0.273 e. The molecule has 1 N–H and O–H groups in total. The minimum absolute atomic E-state index is 0.102. The third kappa shape index (κ3) is 4.34. The van der Waals surface area contributed by atoms with Gasteiger partial charge < -0.3 is 10.1 Å². The zero-order valence-electron chi connectivity index (χ0n) is 16.9. The highest BCUT2D eigenvalue weighted by molar-refractivity contribution is 7.07. The number of nitrogens with one attached hydrogen (secondary N) is 1. The lowest BCUT2D eigenvalue weighted by Crippen LogP contribution is -2.36. The van der Waals surface area contributed by atoms with Gasteiger partial charge in [-0.1, -0.05) is 36.4 Å². The predicted molar refractivity (Wildman–Crippen MR) is 118 cm³/mol. The SMILES string of the molecule is COc1ccccc1/C=c1\s/c(=C(/C#N)C(=O)NC(C)C)n(-c2ccccc2)c1=O. The molecule has 0 radical (unpaired) electrons. The molecule has 152 valence electrons. The first-order valence-corrected chi connectivity index (χ1v) is 10.1. The highest BCUT2D eigenvalue weighted by Gasteiger charge is 2.17. The second-order valence-corrected chi connectivity index (χ2v) is 7.78. The number of hydrogen-bond donors (Lipinski definition) is 1. The van der Waals surface area contributed by atoms with Gasteiger partial charge in [0.2, 0.25) is 0 Å². The number of carbonyl (C=O) groups excluding carboxylic acids is 1. The first-order valence-electron chi connectivity index (χ1n) is 9.33. The van der Waals surface area contributed by atoms with Gasteiger partial charge >= 0.3 is 0 Å². The number of para-hydroxylation sites is 2. The normalized spacial score (nSPS) is 12.4. The van der Waals surface area contributed by atoms with Crippen LogP contribution in [0.4, 0.5) is 0 Å². The Kier molecular flexibility index (Phi) is 6.50. The molecule has 1 amide bonds. The summed E-state index contributed by atoms with van der Waals surface area (Å²) in [7, 11) is 1.56. The predicted octanol–water partition coefficient (Wildman–Crippen LogP) is 1.94. The molecule has 3 rings (SSSR count). The second kappa shape index (κ2) is 9.25. The number of rotatable bonds is 5. The zero-order valence-corrected chi connectivity index (χ0v) is 17.7. The third-order valence-corrected chi connectivity index (χ3v) is 5.33. The Morgan fingerprint density at radius 1 is 1.17 bits per heavy atom. The molecule has 0 aliphatic rings. The smallest absolute Gasteiger partial charge is 0.273 e. The van der Waals surface area contributed by atoms with E-state index >= 15 is 0 Å². The summed E-state index contributed by atoms with van der Waals surface area (Å²) in [4.78, 5) is 25.9. The lowest BCUT2D eigenvalue weighted by molar-refractivity contribution is -0.116. The lowest BCUT2D eigenvalue weighted by atomic mass is 10.2. The van der Waals surface area contributed by atoms with E-state index in [1.54, 1.807) is 43.5 Å². The summed E-state index contributed by atoms with van der Waals surface area (Å²) >= 11 is 1.10. The molecule has 0 atom stereocenters. The van der Waals surface area contributed by atoms with Crippen LogP contribution in [-0.4, -0.2) is 23.6 Å². The Hall–Kier alpha value is -3.63. The largest absolute Gasteiger partial charge is 0.496 e.